The Kier molecular flexibility index (Phi) is 2.73. The van der Waals surface area contributed by atoms with Gasteiger partial charge in [-0.15, -0.1) is 0 Å². The van der Waals surface area contributed by atoms with Crippen LogP contribution >= 0.6 is 0 Å². The molecule has 2 aromatic rings. The number of rotatable bonds is 0. The smallest absolute Gasteiger partial charge is 0.0461 e. The third-order valence-electron chi connectivity index (χ3n) is 3.19. The van der Waals surface area contributed by atoms with Crippen LogP contribution in [0.5, 0.6) is 0 Å². The van der Waals surface area contributed by atoms with Gasteiger partial charge in [-0.25, -0.2) is 0 Å². The number of para-hydroxylation sites is 1. The topological polar surface area (TPSA) is 15.8 Å². The molecule has 1 aromatic carbocycles. The van der Waals surface area contributed by atoms with Crippen LogP contribution in [-0.4, -0.2) is 4.98 Å². The number of H-pyrrole nitrogens is 1. The number of nitrogens with one attached hydrogen (secondary N) is 1. The molecule has 0 spiro atoms. The van der Waals surface area contributed by atoms with Gasteiger partial charge in [0.1, 0.15) is 0 Å². The minimum atomic E-state index is 0.945. The molecule has 1 aliphatic rings. The largest absolute Gasteiger partial charge is 0.355 e. The molecule has 0 radical (unpaired) electrons. The number of aromatic nitrogens is 1. The Bertz CT molecular complexity index is 681. The van der Waals surface area contributed by atoms with Crippen molar-refractivity contribution < 1.29 is 0 Å². The molecule has 88 valence electrons. The molecule has 0 saturated carbocycles. The second kappa shape index (κ2) is 4.53. The van der Waals surface area contributed by atoms with Crippen molar-refractivity contribution in [1.29, 1.82) is 0 Å². The fraction of sp³-hybridized carbons (Fsp3) is 0.0588. The third kappa shape index (κ3) is 1.95. The lowest BCUT2D eigenvalue weighted by atomic mass is 10.1. The molecule has 0 unspecified atom stereocenters. The molecule has 0 fully saturated rings. The molecular weight excluding hydrogens is 218 g/mol. The summed E-state index contributed by atoms with van der Waals surface area (Å²) in [5, 5.41) is 1.30. The maximum atomic E-state index is 3.99. The van der Waals surface area contributed by atoms with Gasteiger partial charge in [-0.2, -0.15) is 0 Å². The Morgan fingerprint density at radius 1 is 1.00 bits per heavy atom. The highest BCUT2D eigenvalue weighted by atomic mass is 14.7. The highest BCUT2D eigenvalue weighted by Gasteiger charge is 2.07. The van der Waals surface area contributed by atoms with Crippen molar-refractivity contribution in [2.45, 2.75) is 6.42 Å². The Hall–Kier alpha value is -2.28. The molecule has 1 nitrogen and oxygen atoms in total. The summed E-state index contributed by atoms with van der Waals surface area (Å²) in [5.41, 5.74) is 4.73. The summed E-state index contributed by atoms with van der Waals surface area (Å²) in [6, 6.07) is 8.43. The second-order valence-corrected chi connectivity index (χ2v) is 4.46. The quantitative estimate of drug-likeness (QED) is 0.694. The van der Waals surface area contributed by atoms with E-state index in [4.69, 9.17) is 0 Å². The number of fused-ring (bicyclic) bond motifs is 3. The number of benzene rings is 1. The van der Waals surface area contributed by atoms with E-state index >= 15 is 0 Å². The minimum Gasteiger partial charge on any atom is -0.355 e. The molecule has 1 N–H and O–H groups in total. The van der Waals surface area contributed by atoms with Crippen LogP contribution in [-0.2, 0) is 6.42 Å². The van der Waals surface area contributed by atoms with Gasteiger partial charge < -0.3 is 4.98 Å². The monoisotopic (exact) mass is 233 g/mol. The van der Waals surface area contributed by atoms with Crippen LogP contribution in [0.15, 0.2) is 66.8 Å². The molecule has 0 aliphatic heterocycles. The third-order valence-corrected chi connectivity index (χ3v) is 3.19. The number of hydrogen-bond donors (Lipinski definition) is 1. The minimum absolute atomic E-state index is 0.945. The molecule has 1 heteroatoms. The van der Waals surface area contributed by atoms with Crippen LogP contribution < -0.4 is 0 Å². The van der Waals surface area contributed by atoms with Gasteiger partial charge in [-0.05, 0) is 29.7 Å². The maximum absolute atomic E-state index is 3.99. The summed E-state index contributed by atoms with van der Waals surface area (Å²) in [5.74, 6) is 0. The summed E-state index contributed by atoms with van der Waals surface area (Å²) >= 11 is 0. The molecule has 1 aliphatic carbocycles. The van der Waals surface area contributed by atoms with Gasteiger partial charge >= 0.3 is 0 Å². The first-order valence-corrected chi connectivity index (χ1v) is 6.14. The van der Waals surface area contributed by atoms with Gasteiger partial charge in [0.15, 0.2) is 0 Å². The van der Waals surface area contributed by atoms with Crippen molar-refractivity contribution in [3.63, 3.8) is 0 Å². The van der Waals surface area contributed by atoms with Crippen molar-refractivity contribution in [1.82, 2.24) is 4.98 Å². The van der Waals surface area contributed by atoms with Gasteiger partial charge in [0.05, 0.1) is 0 Å². The summed E-state index contributed by atoms with van der Waals surface area (Å²) in [7, 11) is 0. The zero-order chi connectivity index (χ0) is 12.4. The molecule has 1 aromatic heterocycles. The van der Waals surface area contributed by atoms with E-state index < -0.39 is 0 Å². The van der Waals surface area contributed by atoms with Gasteiger partial charge in [0.2, 0.25) is 0 Å². The lowest BCUT2D eigenvalue weighted by Crippen LogP contribution is -1.84. The Morgan fingerprint density at radius 3 is 2.83 bits per heavy atom. The van der Waals surface area contributed by atoms with E-state index in [2.05, 4.69) is 54.1 Å². The van der Waals surface area contributed by atoms with Crippen LogP contribution in [0.25, 0.3) is 17.0 Å². The van der Waals surface area contributed by atoms with Crippen LogP contribution in [0.3, 0.4) is 0 Å². The molecule has 3 rings (SSSR count). The molecular formula is C17H15N. The first kappa shape index (κ1) is 10.8. The van der Waals surface area contributed by atoms with Gasteiger partial charge in [0, 0.05) is 16.6 Å². The van der Waals surface area contributed by atoms with Gasteiger partial charge in [-0.1, -0.05) is 55.2 Å². The van der Waals surface area contributed by atoms with Crippen LogP contribution in [0.4, 0.5) is 0 Å². The van der Waals surface area contributed by atoms with E-state index in [0.29, 0.717) is 0 Å². The molecule has 0 saturated heterocycles. The average Bonchev–Trinajstić information content (AvgIpc) is 2.74. The lowest BCUT2D eigenvalue weighted by molar-refractivity contribution is 1.26. The summed E-state index contributed by atoms with van der Waals surface area (Å²) < 4.78 is 0. The van der Waals surface area contributed by atoms with Crippen LogP contribution in [0.2, 0.25) is 0 Å². The SMILES string of the molecule is C=C1C=Cc2[nH]c3ccccc3c2C/C=C\C=C/1. The predicted molar refractivity (Wildman–Crippen MR) is 78.5 cm³/mol. The van der Waals surface area contributed by atoms with E-state index in [1.807, 2.05) is 18.2 Å². The number of hydrogen-bond acceptors (Lipinski definition) is 0. The number of allylic oxidation sites excluding steroid dienone is 6. The fourth-order valence-electron chi connectivity index (χ4n) is 2.27. The molecule has 18 heavy (non-hydrogen) atoms. The van der Waals surface area contributed by atoms with E-state index in [-0.39, 0.29) is 0 Å². The van der Waals surface area contributed by atoms with E-state index in [1.54, 1.807) is 0 Å². The Balaban J connectivity index is 2.20. The summed E-state index contributed by atoms with van der Waals surface area (Å²) in [6.07, 6.45) is 13.4. The standard InChI is InChI=1S/C17H15N/c1-13-7-3-2-4-8-15-14-9-5-6-10-16(14)18-17(15)12-11-13/h2-7,9-12,18H,1,8H2/b4-2-,7-3-,12-11?. The van der Waals surface area contributed by atoms with E-state index in [0.717, 1.165) is 12.0 Å². The fourth-order valence-corrected chi connectivity index (χ4v) is 2.27. The predicted octanol–water partition coefficient (Wildman–Crippen LogP) is 4.41. The average molecular weight is 233 g/mol. The first-order chi connectivity index (χ1) is 8.84. The normalized spacial score (nSPS) is 18.6. The highest BCUT2D eigenvalue weighted by Crippen LogP contribution is 2.25. The molecule has 0 atom stereocenters. The lowest BCUT2D eigenvalue weighted by Gasteiger charge is -1.99. The van der Waals surface area contributed by atoms with Crippen LogP contribution in [0, 0.1) is 0 Å². The first-order valence-electron chi connectivity index (χ1n) is 6.14. The zero-order valence-corrected chi connectivity index (χ0v) is 10.2. The van der Waals surface area contributed by atoms with E-state index in [1.165, 1.54) is 22.2 Å². The second-order valence-electron chi connectivity index (χ2n) is 4.46. The van der Waals surface area contributed by atoms with Crippen molar-refractivity contribution in [3.8, 4) is 0 Å². The molecule has 0 amide bonds. The summed E-state index contributed by atoms with van der Waals surface area (Å²) in [4.78, 5) is 3.47. The van der Waals surface area contributed by atoms with Crippen LogP contribution in [0.1, 0.15) is 11.3 Å². The van der Waals surface area contributed by atoms with Gasteiger partial charge in [0.25, 0.3) is 0 Å². The maximum Gasteiger partial charge on any atom is 0.0461 e. The summed E-state index contributed by atoms with van der Waals surface area (Å²) in [6.45, 7) is 3.99. The van der Waals surface area contributed by atoms with Crippen molar-refractivity contribution in [2.75, 3.05) is 0 Å². The Labute approximate surface area is 107 Å². The highest BCUT2D eigenvalue weighted by molar-refractivity contribution is 5.87. The van der Waals surface area contributed by atoms with Crippen molar-refractivity contribution in [3.05, 3.63) is 78.1 Å². The molecule has 1 heterocycles. The van der Waals surface area contributed by atoms with E-state index in [9.17, 15) is 0 Å². The number of aromatic amines is 1. The van der Waals surface area contributed by atoms with Crippen molar-refractivity contribution in [2.24, 2.45) is 0 Å². The molecule has 0 bridgehead atoms. The van der Waals surface area contributed by atoms with Crippen molar-refractivity contribution >= 4 is 17.0 Å². The van der Waals surface area contributed by atoms with Gasteiger partial charge in [-0.3, -0.25) is 0 Å². The zero-order valence-electron chi connectivity index (χ0n) is 10.2. The Morgan fingerprint density at radius 2 is 1.89 bits per heavy atom.